The fraction of sp³-hybridized carbons (Fsp3) is 0.600. The monoisotopic (exact) mass is 389 g/mol. The zero-order valence-corrected chi connectivity index (χ0v) is 17.0. The molecule has 2 heterocycles. The lowest BCUT2D eigenvalue weighted by molar-refractivity contribution is -0.127. The summed E-state index contributed by atoms with van der Waals surface area (Å²) in [7, 11) is 3.50. The van der Waals surface area contributed by atoms with E-state index in [1.165, 1.54) is 12.8 Å². The molecule has 0 saturated carbocycles. The van der Waals surface area contributed by atoms with Crippen molar-refractivity contribution in [3.63, 3.8) is 0 Å². The highest BCUT2D eigenvalue weighted by Gasteiger charge is 2.23. The van der Waals surface area contributed by atoms with Crippen LogP contribution < -0.4 is 20.1 Å². The molecule has 2 aliphatic rings. The van der Waals surface area contributed by atoms with Gasteiger partial charge in [0, 0.05) is 26.7 Å². The van der Waals surface area contributed by atoms with Gasteiger partial charge in [-0.15, -0.1) is 0 Å². The Bertz CT molecular complexity index is 707. The smallest absolute Gasteiger partial charge is 0.241 e. The van der Waals surface area contributed by atoms with Crippen LogP contribution in [0.5, 0.6) is 11.5 Å². The van der Waals surface area contributed by atoms with Crippen molar-refractivity contribution in [1.29, 1.82) is 0 Å². The van der Waals surface area contributed by atoms with E-state index in [-0.39, 0.29) is 19.2 Å². The Morgan fingerprint density at radius 1 is 1.29 bits per heavy atom. The first-order valence-electron chi connectivity index (χ1n) is 9.91. The molecule has 28 heavy (non-hydrogen) atoms. The summed E-state index contributed by atoms with van der Waals surface area (Å²) in [6.07, 6.45) is 2.42. The minimum absolute atomic E-state index is 0.00799. The van der Waals surface area contributed by atoms with Gasteiger partial charge in [-0.05, 0) is 43.6 Å². The van der Waals surface area contributed by atoms with Crippen LogP contribution in [0.1, 0.15) is 25.3 Å². The SMILES string of the molecule is CCN1CCCC1CNC(=NCc1ccc2c(c1)OCO2)NCC(=O)N(C)C. The van der Waals surface area contributed by atoms with Crippen LogP contribution in [-0.4, -0.2) is 74.8 Å². The Labute approximate surface area is 166 Å². The number of carbonyl (C=O) groups is 1. The van der Waals surface area contributed by atoms with Crippen LogP contribution in [-0.2, 0) is 11.3 Å². The lowest BCUT2D eigenvalue weighted by Crippen LogP contribution is -2.47. The van der Waals surface area contributed by atoms with E-state index in [2.05, 4.69) is 27.4 Å². The topological polar surface area (TPSA) is 78.4 Å². The maximum atomic E-state index is 12.0. The van der Waals surface area contributed by atoms with E-state index in [0.29, 0.717) is 18.5 Å². The average Bonchev–Trinajstić information content (AvgIpc) is 3.35. The van der Waals surface area contributed by atoms with E-state index < -0.39 is 0 Å². The lowest BCUT2D eigenvalue weighted by atomic mass is 10.2. The highest BCUT2D eigenvalue weighted by Crippen LogP contribution is 2.32. The number of nitrogens with one attached hydrogen (secondary N) is 2. The van der Waals surface area contributed by atoms with Gasteiger partial charge in [-0.25, -0.2) is 4.99 Å². The molecule has 8 heteroatoms. The van der Waals surface area contributed by atoms with Crippen LogP contribution in [0.2, 0.25) is 0 Å². The number of fused-ring (bicyclic) bond motifs is 1. The number of guanidine groups is 1. The van der Waals surface area contributed by atoms with Crippen LogP contribution >= 0.6 is 0 Å². The molecule has 1 saturated heterocycles. The molecule has 1 atom stereocenters. The van der Waals surface area contributed by atoms with Gasteiger partial charge < -0.3 is 25.0 Å². The van der Waals surface area contributed by atoms with Gasteiger partial charge in [0.2, 0.25) is 12.7 Å². The number of aliphatic imine (C=N–C) groups is 1. The summed E-state index contributed by atoms with van der Waals surface area (Å²) >= 11 is 0. The largest absolute Gasteiger partial charge is 0.454 e. The summed E-state index contributed by atoms with van der Waals surface area (Å²) in [6.45, 7) is 6.18. The van der Waals surface area contributed by atoms with Crippen LogP contribution in [0.3, 0.4) is 0 Å². The second-order valence-electron chi connectivity index (χ2n) is 7.30. The number of amides is 1. The molecule has 8 nitrogen and oxygen atoms in total. The summed E-state index contributed by atoms with van der Waals surface area (Å²) in [5.41, 5.74) is 1.03. The molecule has 3 rings (SSSR count). The Kier molecular flexibility index (Phi) is 6.97. The Morgan fingerprint density at radius 3 is 2.89 bits per heavy atom. The minimum Gasteiger partial charge on any atom is -0.454 e. The number of likely N-dealkylation sites (N-methyl/N-ethyl adjacent to an activating group) is 2. The van der Waals surface area contributed by atoms with E-state index in [1.54, 1.807) is 19.0 Å². The van der Waals surface area contributed by atoms with Crippen LogP contribution in [0.15, 0.2) is 23.2 Å². The number of likely N-dealkylation sites (tertiary alicyclic amines) is 1. The predicted octanol–water partition coefficient (Wildman–Crippen LogP) is 1.02. The maximum absolute atomic E-state index is 12.0. The number of benzene rings is 1. The number of ether oxygens (including phenoxy) is 2. The van der Waals surface area contributed by atoms with Crippen molar-refractivity contribution in [2.24, 2.45) is 4.99 Å². The summed E-state index contributed by atoms with van der Waals surface area (Å²) in [4.78, 5) is 20.7. The lowest BCUT2D eigenvalue weighted by Gasteiger charge is -2.24. The molecule has 0 aliphatic carbocycles. The number of carbonyl (C=O) groups excluding carboxylic acids is 1. The molecule has 1 aromatic rings. The van der Waals surface area contributed by atoms with Gasteiger partial charge >= 0.3 is 0 Å². The number of rotatable bonds is 7. The van der Waals surface area contributed by atoms with Gasteiger partial charge in [-0.1, -0.05) is 13.0 Å². The maximum Gasteiger partial charge on any atom is 0.241 e. The van der Waals surface area contributed by atoms with Gasteiger partial charge in [-0.2, -0.15) is 0 Å². The van der Waals surface area contributed by atoms with Gasteiger partial charge in [0.05, 0.1) is 13.1 Å². The van der Waals surface area contributed by atoms with Gasteiger partial charge in [0.25, 0.3) is 0 Å². The quantitative estimate of drug-likeness (QED) is 0.536. The molecule has 2 N–H and O–H groups in total. The van der Waals surface area contributed by atoms with Gasteiger partial charge in [0.15, 0.2) is 17.5 Å². The zero-order chi connectivity index (χ0) is 19.9. The average molecular weight is 390 g/mol. The third-order valence-electron chi connectivity index (χ3n) is 5.17. The van der Waals surface area contributed by atoms with Crippen molar-refractivity contribution in [2.45, 2.75) is 32.4 Å². The molecule has 1 amide bonds. The highest BCUT2D eigenvalue weighted by atomic mass is 16.7. The summed E-state index contributed by atoms with van der Waals surface area (Å²) in [5.74, 6) is 2.17. The Balaban J connectivity index is 1.62. The van der Waals surface area contributed by atoms with Gasteiger partial charge in [0.1, 0.15) is 0 Å². The predicted molar refractivity (Wildman–Crippen MR) is 109 cm³/mol. The van der Waals surface area contributed by atoms with Crippen LogP contribution in [0.4, 0.5) is 0 Å². The van der Waals surface area contributed by atoms with Crippen molar-refractivity contribution < 1.29 is 14.3 Å². The number of nitrogens with zero attached hydrogens (tertiary/aromatic N) is 3. The molecule has 1 fully saturated rings. The summed E-state index contributed by atoms with van der Waals surface area (Å²) < 4.78 is 10.8. The van der Waals surface area contributed by atoms with E-state index in [4.69, 9.17) is 9.47 Å². The van der Waals surface area contributed by atoms with Gasteiger partial charge in [-0.3, -0.25) is 9.69 Å². The third kappa shape index (κ3) is 5.28. The first-order chi connectivity index (χ1) is 13.6. The molecular weight excluding hydrogens is 358 g/mol. The Hall–Kier alpha value is -2.48. The van der Waals surface area contributed by atoms with Crippen LogP contribution in [0.25, 0.3) is 0 Å². The summed E-state index contributed by atoms with van der Waals surface area (Å²) in [5, 5.41) is 6.57. The first kappa shape index (κ1) is 20.3. The van der Waals surface area contributed by atoms with Crippen molar-refractivity contribution in [3.05, 3.63) is 23.8 Å². The van der Waals surface area contributed by atoms with E-state index >= 15 is 0 Å². The van der Waals surface area contributed by atoms with Crippen molar-refractivity contribution in [2.75, 3.05) is 47.1 Å². The molecule has 0 radical (unpaired) electrons. The molecule has 0 aromatic heterocycles. The molecule has 1 unspecified atom stereocenters. The van der Waals surface area contributed by atoms with Crippen molar-refractivity contribution in [1.82, 2.24) is 20.4 Å². The molecule has 0 bridgehead atoms. The number of hydrogen-bond donors (Lipinski definition) is 2. The standard InChI is InChI=1S/C20H31N5O3/c1-4-25-9-5-6-16(25)12-22-20(23-13-19(26)24(2)3)21-11-15-7-8-17-18(10-15)28-14-27-17/h7-8,10,16H,4-6,9,11-14H2,1-3H3,(H2,21,22,23). The first-order valence-corrected chi connectivity index (χ1v) is 9.91. The molecule has 1 aromatic carbocycles. The molecule has 0 spiro atoms. The Morgan fingerprint density at radius 2 is 2.11 bits per heavy atom. The fourth-order valence-corrected chi connectivity index (χ4v) is 3.46. The van der Waals surface area contributed by atoms with Crippen molar-refractivity contribution >= 4 is 11.9 Å². The van der Waals surface area contributed by atoms with E-state index in [1.807, 2.05) is 18.2 Å². The summed E-state index contributed by atoms with van der Waals surface area (Å²) in [6, 6.07) is 6.34. The van der Waals surface area contributed by atoms with E-state index in [0.717, 1.165) is 36.7 Å². The minimum atomic E-state index is 0.00799. The van der Waals surface area contributed by atoms with Crippen LogP contribution in [0, 0.1) is 0 Å². The molecular formula is C20H31N5O3. The molecule has 2 aliphatic heterocycles. The second-order valence-corrected chi connectivity index (χ2v) is 7.30. The third-order valence-corrected chi connectivity index (χ3v) is 5.17. The normalized spacial score (nSPS) is 19.0. The number of hydrogen-bond acceptors (Lipinski definition) is 5. The zero-order valence-electron chi connectivity index (χ0n) is 17.0. The molecule has 154 valence electrons. The van der Waals surface area contributed by atoms with Crippen molar-refractivity contribution in [3.8, 4) is 11.5 Å². The van der Waals surface area contributed by atoms with E-state index in [9.17, 15) is 4.79 Å². The second kappa shape index (κ2) is 9.64. The fourth-order valence-electron chi connectivity index (χ4n) is 3.46. The highest BCUT2D eigenvalue weighted by molar-refractivity contribution is 5.86.